The van der Waals surface area contributed by atoms with Gasteiger partial charge in [0.15, 0.2) is 0 Å². The molecule has 28 heavy (non-hydrogen) atoms. The SMILES string of the molecule is CCC(CCOOC(C)(C)C)c1ccc(C(CC)CCOOC(C)(C)C)cc1. The average Bonchev–Trinajstić information content (AvgIpc) is 2.60. The maximum absolute atomic E-state index is 5.38. The number of hydrogen-bond donors (Lipinski definition) is 0. The van der Waals surface area contributed by atoms with E-state index >= 15 is 0 Å². The molecule has 0 spiro atoms. The summed E-state index contributed by atoms with van der Waals surface area (Å²) < 4.78 is 0. The molecule has 0 fully saturated rings. The predicted molar refractivity (Wildman–Crippen MR) is 115 cm³/mol. The highest BCUT2D eigenvalue weighted by Crippen LogP contribution is 2.28. The molecule has 0 aliphatic rings. The first-order valence-electron chi connectivity index (χ1n) is 10.8. The summed E-state index contributed by atoms with van der Waals surface area (Å²) in [4.78, 5) is 21.5. The molecule has 4 heteroatoms. The van der Waals surface area contributed by atoms with Crippen molar-refractivity contribution in [3.8, 4) is 0 Å². The summed E-state index contributed by atoms with van der Waals surface area (Å²) in [5.74, 6) is 0.974. The Morgan fingerprint density at radius 3 is 1.21 bits per heavy atom. The number of hydrogen-bond acceptors (Lipinski definition) is 4. The van der Waals surface area contributed by atoms with Gasteiger partial charge >= 0.3 is 0 Å². The Morgan fingerprint density at radius 2 is 0.964 bits per heavy atom. The van der Waals surface area contributed by atoms with Crippen molar-refractivity contribution in [2.24, 2.45) is 0 Å². The second-order valence-corrected chi connectivity index (χ2v) is 9.49. The fourth-order valence-corrected chi connectivity index (χ4v) is 3.07. The summed E-state index contributed by atoms with van der Waals surface area (Å²) in [6.07, 6.45) is 4.10. The Hall–Kier alpha value is -0.940. The third-order valence-corrected chi connectivity index (χ3v) is 4.58. The highest BCUT2D eigenvalue weighted by molar-refractivity contribution is 5.27. The van der Waals surface area contributed by atoms with Gasteiger partial charge in [0, 0.05) is 0 Å². The van der Waals surface area contributed by atoms with Gasteiger partial charge in [-0.15, -0.1) is 0 Å². The fraction of sp³-hybridized carbons (Fsp3) is 0.750. The van der Waals surface area contributed by atoms with E-state index in [1.807, 2.05) is 41.5 Å². The molecule has 1 aromatic rings. The largest absolute Gasteiger partial charge is 0.236 e. The summed E-state index contributed by atoms with van der Waals surface area (Å²) in [6, 6.07) is 9.07. The van der Waals surface area contributed by atoms with Crippen LogP contribution in [0.15, 0.2) is 24.3 Å². The monoisotopic (exact) mass is 394 g/mol. The second kappa shape index (κ2) is 11.9. The van der Waals surface area contributed by atoms with Crippen LogP contribution in [0.5, 0.6) is 0 Å². The van der Waals surface area contributed by atoms with Crippen LogP contribution in [0.4, 0.5) is 0 Å². The van der Waals surface area contributed by atoms with E-state index in [9.17, 15) is 0 Å². The van der Waals surface area contributed by atoms with E-state index in [0.29, 0.717) is 25.0 Å². The molecule has 0 aliphatic heterocycles. The molecule has 1 aromatic carbocycles. The standard InChI is InChI=1S/C24H42O4/c1-9-19(15-17-25-27-23(3,4)5)21-11-13-22(14-12-21)20(10-2)16-18-26-28-24(6,7)8/h11-14,19-20H,9-10,15-18H2,1-8H3. The topological polar surface area (TPSA) is 36.9 Å². The lowest BCUT2D eigenvalue weighted by Gasteiger charge is -2.21. The molecule has 0 bridgehead atoms. The zero-order valence-electron chi connectivity index (χ0n) is 19.3. The van der Waals surface area contributed by atoms with Crippen LogP contribution in [0, 0.1) is 0 Å². The quantitative estimate of drug-likeness (QED) is 0.218. The third-order valence-electron chi connectivity index (χ3n) is 4.58. The van der Waals surface area contributed by atoms with Gasteiger partial charge in [-0.1, -0.05) is 38.1 Å². The Bertz CT molecular complexity index is 476. The molecule has 0 aromatic heterocycles. The Balaban J connectivity index is 2.54. The average molecular weight is 395 g/mol. The number of benzene rings is 1. The molecule has 0 saturated carbocycles. The minimum atomic E-state index is -0.264. The summed E-state index contributed by atoms with van der Waals surface area (Å²) in [5, 5.41) is 0. The Morgan fingerprint density at radius 1 is 0.643 bits per heavy atom. The summed E-state index contributed by atoms with van der Waals surface area (Å²) in [5.41, 5.74) is 2.21. The van der Waals surface area contributed by atoms with E-state index in [-0.39, 0.29) is 11.2 Å². The van der Waals surface area contributed by atoms with E-state index in [1.54, 1.807) is 0 Å². The molecule has 0 saturated heterocycles. The lowest BCUT2D eigenvalue weighted by molar-refractivity contribution is -0.349. The van der Waals surface area contributed by atoms with Gasteiger partial charge in [0.05, 0.1) is 24.4 Å². The molecule has 1 rings (SSSR count). The van der Waals surface area contributed by atoms with Crippen molar-refractivity contribution in [2.75, 3.05) is 13.2 Å². The third kappa shape index (κ3) is 10.6. The van der Waals surface area contributed by atoms with Crippen LogP contribution in [0.1, 0.15) is 104 Å². The van der Waals surface area contributed by atoms with Crippen molar-refractivity contribution in [3.05, 3.63) is 35.4 Å². The van der Waals surface area contributed by atoms with Gasteiger partial charge in [-0.05, 0) is 90.2 Å². The van der Waals surface area contributed by atoms with Crippen LogP contribution < -0.4 is 0 Å². The normalized spacial score (nSPS) is 14.9. The van der Waals surface area contributed by atoms with Gasteiger partial charge in [0.25, 0.3) is 0 Å². The molecule has 0 N–H and O–H groups in total. The van der Waals surface area contributed by atoms with Crippen molar-refractivity contribution in [1.82, 2.24) is 0 Å². The van der Waals surface area contributed by atoms with Crippen molar-refractivity contribution < 1.29 is 19.6 Å². The van der Waals surface area contributed by atoms with E-state index in [0.717, 1.165) is 25.7 Å². The highest BCUT2D eigenvalue weighted by Gasteiger charge is 2.16. The minimum Gasteiger partial charge on any atom is -0.236 e. The van der Waals surface area contributed by atoms with E-state index in [4.69, 9.17) is 19.6 Å². The van der Waals surface area contributed by atoms with Crippen molar-refractivity contribution in [1.29, 1.82) is 0 Å². The lowest BCUT2D eigenvalue weighted by Crippen LogP contribution is -2.20. The maximum atomic E-state index is 5.38. The molecule has 0 aliphatic carbocycles. The van der Waals surface area contributed by atoms with Crippen LogP contribution in [-0.4, -0.2) is 24.4 Å². The molecule has 0 heterocycles. The molecular weight excluding hydrogens is 352 g/mol. The molecular formula is C24H42O4. The van der Waals surface area contributed by atoms with Crippen LogP contribution in [0.3, 0.4) is 0 Å². The molecule has 162 valence electrons. The molecule has 4 nitrogen and oxygen atoms in total. The van der Waals surface area contributed by atoms with Gasteiger partial charge in [0.2, 0.25) is 0 Å². The van der Waals surface area contributed by atoms with Gasteiger partial charge in [-0.25, -0.2) is 19.6 Å². The summed E-state index contributed by atoms with van der Waals surface area (Å²) in [6.45, 7) is 17.6. The van der Waals surface area contributed by atoms with Crippen LogP contribution in [-0.2, 0) is 19.6 Å². The zero-order chi connectivity index (χ0) is 21.2. The van der Waals surface area contributed by atoms with Gasteiger partial charge in [-0.3, -0.25) is 0 Å². The molecule has 2 unspecified atom stereocenters. The van der Waals surface area contributed by atoms with Crippen molar-refractivity contribution in [3.63, 3.8) is 0 Å². The number of rotatable bonds is 12. The van der Waals surface area contributed by atoms with E-state index in [2.05, 4.69) is 38.1 Å². The first kappa shape index (κ1) is 25.1. The first-order valence-corrected chi connectivity index (χ1v) is 10.8. The highest BCUT2D eigenvalue weighted by atomic mass is 17.2. The zero-order valence-corrected chi connectivity index (χ0v) is 19.3. The maximum Gasteiger partial charge on any atom is 0.0952 e. The van der Waals surface area contributed by atoms with Crippen LogP contribution in [0.2, 0.25) is 0 Å². The fourth-order valence-electron chi connectivity index (χ4n) is 3.07. The van der Waals surface area contributed by atoms with E-state index in [1.165, 1.54) is 11.1 Å². The van der Waals surface area contributed by atoms with Crippen LogP contribution in [0.25, 0.3) is 0 Å². The molecule has 2 atom stereocenters. The van der Waals surface area contributed by atoms with Crippen molar-refractivity contribution in [2.45, 2.75) is 104 Å². The first-order chi connectivity index (χ1) is 13.1. The smallest absolute Gasteiger partial charge is 0.0952 e. The lowest BCUT2D eigenvalue weighted by atomic mass is 9.89. The van der Waals surface area contributed by atoms with E-state index < -0.39 is 0 Å². The summed E-state index contributed by atoms with van der Waals surface area (Å²) >= 11 is 0. The Kier molecular flexibility index (Phi) is 10.7. The molecule has 0 amide bonds. The van der Waals surface area contributed by atoms with Crippen molar-refractivity contribution >= 4 is 0 Å². The molecule has 0 radical (unpaired) electrons. The van der Waals surface area contributed by atoms with Gasteiger partial charge < -0.3 is 0 Å². The summed E-state index contributed by atoms with van der Waals surface area (Å²) in [7, 11) is 0. The van der Waals surface area contributed by atoms with Gasteiger partial charge in [-0.2, -0.15) is 0 Å². The predicted octanol–water partition coefficient (Wildman–Crippen LogP) is 6.95. The second-order valence-electron chi connectivity index (χ2n) is 9.49. The minimum absolute atomic E-state index is 0.264. The Labute approximate surface area is 172 Å². The van der Waals surface area contributed by atoms with Gasteiger partial charge in [0.1, 0.15) is 0 Å². The van der Waals surface area contributed by atoms with Crippen LogP contribution >= 0.6 is 0 Å².